The molecule has 154 valence electrons. The van der Waals surface area contributed by atoms with E-state index in [1.165, 1.54) is 37.5 Å². The van der Waals surface area contributed by atoms with E-state index in [-0.39, 0.29) is 28.5 Å². The molecular weight excluding hydrogens is 404 g/mol. The van der Waals surface area contributed by atoms with E-state index in [0.29, 0.717) is 0 Å². The van der Waals surface area contributed by atoms with Gasteiger partial charge in [-0.1, -0.05) is 6.07 Å². The molecule has 3 N–H and O–H groups in total. The van der Waals surface area contributed by atoms with Crippen LogP contribution >= 0.6 is 0 Å². The number of nitrogens with one attached hydrogen (secondary N) is 1. The fourth-order valence-electron chi connectivity index (χ4n) is 3.31. The molecule has 0 bridgehead atoms. The summed E-state index contributed by atoms with van der Waals surface area (Å²) in [6, 6.07) is 7.02. The van der Waals surface area contributed by atoms with Gasteiger partial charge in [0.1, 0.15) is 5.69 Å². The maximum atomic E-state index is 14.5. The van der Waals surface area contributed by atoms with Crippen LogP contribution in [-0.2, 0) is 10.3 Å². The number of benzene rings is 1. The van der Waals surface area contributed by atoms with E-state index in [1.807, 2.05) is 0 Å². The summed E-state index contributed by atoms with van der Waals surface area (Å²) in [5.74, 6) is -3.44. The average Bonchev–Trinajstić information content (AvgIpc) is 3.34. The van der Waals surface area contributed by atoms with Gasteiger partial charge in [-0.2, -0.15) is 5.10 Å². The molecule has 1 aliphatic heterocycles. The van der Waals surface area contributed by atoms with Crippen molar-refractivity contribution in [3.63, 3.8) is 0 Å². The highest BCUT2D eigenvalue weighted by atomic mass is 19.3. The predicted octanol–water partition coefficient (Wildman–Crippen LogP) is 2.72. The molecule has 7 nitrogen and oxygen atoms in total. The number of hydrogen-bond donors (Lipinski definition) is 2. The van der Waals surface area contributed by atoms with Crippen molar-refractivity contribution in [2.45, 2.75) is 12.0 Å². The molecule has 30 heavy (non-hydrogen) atoms. The first-order valence-electron chi connectivity index (χ1n) is 8.64. The minimum absolute atomic E-state index is 0.0773. The van der Waals surface area contributed by atoms with Crippen LogP contribution in [0, 0.1) is 11.6 Å². The van der Waals surface area contributed by atoms with Crippen molar-refractivity contribution in [2.24, 2.45) is 10.7 Å². The number of likely N-dealkylation sites (N-methyl/N-ethyl adjacent to an activating group) is 1. The number of carbonyl (C=O) groups is 1. The van der Waals surface area contributed by atoms with Gasteiger partial charge < -0.3 is 5.73 Å². The van der Waals surface area contributed by atoms with Crippen LogP contribution in [0.4, 0.5) is 17.6 Å². The zero-order chi connectivity index (χ0) is 21.6. The van der Waals surface area contributed by atoms with Crippen LogP contribution in [0.25, 0.3) is 11.3 Å². The molecule has 3 heterocycles. The normalized spacial score (nSPS) is 18.9. The smallest absolute Gasteiger partial charge is 0.280 e. The topological polar surface area (TPSA) is 100 Å². The highest BCUT2D eigenvalue weighted by molar-refractivity contribution is 6.08. The summed E-state index contributed by atoms with van der Waals surface area (Å²) in [7, 11) is 1.33. The maximum Gasteiger partial charge on any atom is 0.280 e. The van der Waals surface area contributed by atoms with E-state index in [2.05, 4.69) is 20.2 Å². The summed E-state index contributed by atoms with van der Waals surface area (Å²) in [6.07, 6.45) is -1.50. The zero-order valence-corrected chi connectivity index (χ0v) is 15.4. The van der Waals surface area contributed by atoms with Crippen molar-refractivity contribution in [1.82, 2.24) is 20.1 Å². The Morgan fingerprint density at radius 1 is 1.20 bits per heavy atom. The Morgan fingerprint density at radius 2 is 1.97 bits per heavy atom. The van der Waals surface area contributed by atoms with Gasteiger partial charge in [-0.3, -0.25) is 14.8 Å². The Balaban J connectivity index is 2.02. The number of hydrogen-bond acceptors (Lipinski definition) is 5. The first-order chi connectivity index (χ1) is 14.3. The minimum Gasteiger partial charge on any atom is -0.369 e. The van der Waals surface area contributed by atoms with Crippen LogP contribution in [0.1, 0.15) is 23.4 Å². The summed E-state index contributed by atoms with van der Waals surface area (Å²) < 4.78 is 55.5. The molecule has 1 amide bonds. The third kappa shape index (κ3) is 2.81. The Bertz CT molecular complexity index is 1160. The number of rotatable bonds is 4. The summed E-state index contributed by atoms with van der Waals surface area (Å²) in [5.41, 5.74) is 2.65. The van der Waals surface area contributed by atoms with Crippen molar-refractivity contribution in [3.05, 3.63) is 71.2 Å². The van der Waals surface area contributed by atoms with Gasteiger partial charge in [-0.05, 0) is 35.9 Å². The number of pyridine rings is 1. The van der Waals surface area contributed by atoms with Gasteiger partial charge in [-0.25, -0.2) is 27.5 Å². The maximum absolute atomic E-state index is 14.5. The number of aliphatic imine (C=N–C) groups is 1. The fourth-order valence-corrected chi connectivity index (χ4v) is 3.31. The monoisotopic (exact) mass is 418 g/mol. The molecule has 2 aromatic heterocycles. The molecule has 0 radical (unpaired) electrons. The molecule has 11 heteroatoms. The van der Waals surface area contributed by atoms with Gasteiger partial charge in [0.2, 0.25) is 5.54 Å². The molecule has 0 spiro atoms. The number of alkyl halides is 2. The van der Waals surface area contributed by atoms with Gasteiger partial charge in [-0.15, -0.1) is 0 Å². The molecular formula is C19H14F4N6O. The summed E-state index contributed by atoms with van der Waals surface area (Å²) in [5, 5.41) is 6.33. The van der Waals surface area contributed by atoms with Crippen LogP contribution < -0.4 is 5.73 Å². The number of nitrogens with zero attached hydrogens (tertiary/aromatic N) is 4. The molecule has 0 saturated carbocycles. The third-order valence-corrected chi connectivity index (χ3v) is 4.83. The number of amides is 1. The van der Waals surface area contributed by atoms with E-state index < -0.39 is 35.2 Å². The van der Waals surface area contributed by atoms with Crippen LogP contribution in [-0.4, -0.2) is 39.0 Å². The Morgan fingerprint density at radius 3 is 2.57 bits per heavy atom. The molecule has 1 unspecified atom stereocenters. The van der Waals surface area contributed by atoms with E-state index in [1.54, 1.807) is 0 Å². The molecule has 0 fully saturated rings. The minimum atomic E-state index is -2.91. The molecule has 1 aromatic carbocycles. The SMILES string of the molecule is CN1C(=O)C(c2cc(F)c(F)c(-c3cc[nH]n3)c2)(c2cccc(C(F)F)n2)N=C1N. The highest BCUT2D eigenvalue weighted by Gasteiger charge is 2.51. The molecule has 3 aromatic rings. The number of aromatic nitrogens is 3. The lowest BCUT2D eigenvalue weighted by Crippen LogP contribution is -2.41. The molecule has 0 aliphatic carbocycles. The zero-order valence-electron chi connectivity index (χ0n) is 15.4. The van der Waals surface area contributed by atoms with Gasteiger partial charge in [0, 0.05) is 18.8 Å². The van der Waals surface area contributed by atoms with Crippen molar-refractivity contribution in [3.8, 4) is 11.3 Å². The van der Waals surface area contributed by atoms with Gasteiger partial charge in [0.15, 0.2) is 17.6 Å². The lowest BCUT2D eigenvalue weighted by molar-refractivity contribution is -0.129. The highest BCUT2D eigenvalue weighted by Crippen LogP contribution is 2.41. The average molecular weight is 418 g/mol. The second-order valence-electron chi connectivity index (χ2n) is 6.57. The van der Waals surface area contributed by atoms with Crippen LogP contribution in [0.3, 0.4) is 0 Å². The number of guanidine groups is 1. The Hall–Kier alpha value is -3.76. The van der Waals surface area contributed by atoms with Gasteiger partial charge >= 0.3 is 0 Å². The van der Waals surface area contributed by atoms with Crippen LogP contribution in [0.2, 0.25) is 0 Å². The second kappa shape index (κ2) is 6.94. The Kier molecular flexibility index (Phi) is 4.52. The molecule has 1 aliphatic rings. The standard InChI is InChI=1S/C19H14F4N6O/c1-29-17(30)19(27-18(29)24,14-4-2-3-13(26-14)16(22)23)9-7-10(12-5-6-25-28-12)15(21)11(20)8-9/h2-8,16H,1H3,(H2,24,27)(H,25,28). The number of carbonyl (C=O) groups excluding carboxylic acids is 1. The predicted molar refractivity (Wildman–Crippen MR) is 98.3 cm³/mol. The second-order valence-corrected chi connectivity index (χ2v) is 6.57. The summed E-state index contributed by atoms with van der Waals surface area (Å²) >= 11 is 0. The number of aromatic amines is 1. The lowest BCUT2D eigenvalue weighted by atomic mass is 9.84. The lowest BCUT2D eigenvalue weighted by Gasteiger charge is -2.26. The van der Waals surface area contributed by atoms with Gasteiger partial charge in [0.25, 0.3) is 12.3 Å². The van der Waals surface area contributed by atoms with Gasteiger partial charge in [0.05, 0.1) is 11.4 Å². The first-order valence-corrected chi connectivity index (χ1v) is 8.64. The fraction of sp³-hybridized carbons (Fsp3) is 0.158. The summed E-state index contributed by atoms with van der Waals surface area (Å²) in [6.45, 7) is 0. The quantitative estimate of drug-likeness (QED) is 0.637. The molecule has 0 saturated heterocycles. The number of halogens is 4. The molecule has 1 atom stereocenters. The van der Waals surface area contributed by atoms with Crippen molar-refractivity contribution < 1.29 is 22.4 Å². The van der Waals surface area contributed by atoms with Crippen LogP contribution in [0.15, 0.2) is 47.6 Å². The third-order valence-electron chi connectivity index (χ3n) is 4.83. The van der Waals surface area contributed by atoms with Crippen molar-refractivity contribution >= 4 is 11.9 Å². The van der Waals surface area contributed by atoms with E-state index in [0.717, 1.165) is 17.0 Å². The van der Waals surface area contributed by atoms with E-state index in [9.17, 15) is 22.4 Å². The number of H-pyrrole nitrogens is 1. The van der Waals surface area contributed by atoms with Crippen molar-refractivity contribution in [1.29, 1.82) is 0 Å². The van der Waals surface area contributed by atoms with E-state index >= 15 is 0 Å². The van der Waals surface area contributed by atoms with E-state index in [4.69, 9.17) is 5.73 Å². The largest absolute Gasteiger partial charge is 0.369 e. The first kappa shape index (κ1) is 19.6. The number of nitrogens with two attached hydrogens (primary N) is 1. The summed E-state index contributed by atoms with van der Waals surface area (Å²) in [4.78, 5) is 22.2. The molecule has 4 rings (SSSR count). The van der Waals surface area contributed by atoms with Crippen LogP contribution in [0.5, 0.6) is 0 Å². The van der Waals surface area contributed by atoms with Crippen molar-refractivity contribution in [2.75, 3.05) is 7.05 Å². The Labute approximate surface area is 167 Å².